The maximum Gasteiger partial charge on any atom is 0.279 e. The van der Waals surface area contributed by atoms with Gasteiger partial charge in [0, 0.05) is 6.07 Å². The highest BCUT2D eigenvalue weighted by atomic mass is 16.5. The van der Waals surface area contributed by atoms with E-state index in [2.05, 4.69) is 5.32 Å². The zero-order valence-corrected chi connectivity index (χ0v) is 11.9. The number of nitrogens with one attached hydrogen (secondary N) is 2. The Balaban J connectivity index is 1.96. The topological polar surface area (TPSA) is 61.2 Å². The van der Waals surface area contributed by atoms with Gasteiger partial charge in [0.15, 0.2) is 6.54 Å². The highest BCUT2D eigenvalue weighted by Gasteiger charge is 2.18. The number of methoxy groups -OCH3 is 2. The molecule has 0 spiro atoms. The lowest BCUT2D eigenvalue weighted by Crippen LogP contribution is -3.15. The Morgan fingerprint density at radius 3 is 2.70 bits per heavy atom. The number of rotatable bonds is 5. The van der Waals surface area contributed by atoms with Crippen molar-refractivity contribution >= 4 is 11.6 Å². The first-order valence-corrected chi connectivity index (χ1v) is 6.66. The van der Waals surface area contributed by atoms with Crippen LogP contribution in [0.15, 0.2) is 18.2 Å². The molecule has 0 saturated carbocycles. The molecule has 20 heavy (non-hydrogen) atoms. The predicted molar refractivity (Wildman–Crippen MR) is 74.6 cm³/mol. The molecule has 1 saturated heterocycles. The molecule has 1 aromatic carbocycles. The lowest BCUT2D eigenvalue weighted by Gasteiger charge is -2.23. The van der Waals surface area contributed by atoms with Crippen LogP contribution in [0, 0.1) is 0 Å². The fraction of sp³-hybridized carbons (Fsp3) is 0.500. The van der Waals surface area contributed by atoms with Crippen LogP contribution in [-0.4, -0.2) is 53.0 Å². The number of carbonyl (C=O) groups is 1. The van der Waals surface area contributed by atoms with E-state index in [1.165, 1.54) is 4.90 Å². The van der Waals surface area contributed by atoms with Crippen molar-refractivity contribution < 1.29 is 23.9 Å². The molecule has 1 amide bonds. The molecule has 1 aliphatic heterocycles. The van der Waals surface area contributed by atoms with Gasteiger partial charge in [0.25, 0.3) is 5.91 Å². The monoisotopic (exact) mass is 281 g/mol. The summed E-state index contributed by atoms with van der Waals surface area (Å²) in [4.78, 5) is 13.3. The number of benzene rings is 1. The molecule has 2 N–H and O–H groups in total. The van der Waals surface area contributed by atoms with Crippen LogP contribution >= 0.6 is 0 Å². The largest absolute Gasteiger partial charge is 0.497 e. The van der Waals surface area contributed by atoms with Crippen molar-refractivity contribution in [2.45, 2.75) is 0 Å². The van der Waals surface area contributed by atoms with Crippen LogP contribution in [0.1, 0.15) is 0 Å². The van der Waals surface area contributed by atoms with Gasteiger partial charge in [0.1, 0.15) is 24.6 Å². The number of morpholine rings is 1. The summed E-state index contributed by atoms with van der Waals surface area (Å²) >= 11 is 0. The Kier molecular flexibility index (Phi) is 5.20. The fourth-order valence-corrected chi connectivity index (χ4v) is 2.16. The molecule has 6 nitrogen and oxygen atoms in total. The van der Waals surface area contributed by atoms with Gasteiger partial charge in [-0.1, -0.05) is 0 Å². The normalized spacial score (nSPS) is 15.7. The minimum atomic E-state index is -0.0228. The van der Waals surface area contributed by atoms with Gasteiger partial charge in [-0.05, 0) is 12.1 Å². The molecule has 0 bridgehead atoms. The average molecular weight is 281 g/mol. The van der Waals surface area contributed by atoms with Gasteiger partial charge < -0.3 is 24.4 Å². The van der Waals surface area contributed by atoms with E-state index in [9.17, 15) is 4.79 Å². The van der Waals surface area contributed by atoms with E-state index < -0.39 is 0 Å². The Morgan fingerprint density at radius 1 is 1.30 bits per heavy atom. The van der Waals surface area contributed by atoms with Crippen LogP contribution in [0.4, 0.5) is 5.69 Å². The Morgan fingerprint density at radius 2 is 2.05 bits per heavy atom. The number of hydrogen-bond acceptors (Lipinski definition) is 4. The molecule has 1 heterocycles. The van der Waals surface area contributed by atoms with Crippen molar-refractivity contribution in [1.82, 2.24) is 0 Å². The fourth-order valence-electron chi connectivity index (χ4n) is 2.16. The number of anilines is 1. The smallest absolute Gasteiger partial charge is 0.279 e. The van der Waals surface area contributed by atoms with Crippen molar-refractivity contribution in [3.63, 3.8) is 0 Å². The van der Waals surface area contributed by atoms with E-state index in [-0.39, 0.29) is 5.91 Å². The number of carbonyl (C=O) groups excluding carboxylic acids is 1. The van der Waals surface area contributed by atoms with Crippen molar-refractivity contribution in [3.05, 3.63) is 18.2 Å². The molecule has 1 fully saturated rings. The number of amides is 1. The van der Waals surface area contributed by atoms with Gasteiger partial charge in [-0.15, -0.1) is 0 Å². The molecule has 0 aliphatic carbocycles. The number of hydrogen-bond donors (Lipinski definition) is 2. The summed E-state index contributed by atoms with van der Waals surface area (Å²) < 4.78 is 15.7. The molecule has 1 aliphatic rings. The second-order valence-corrected chi connectivity index (χ2v) is 4.65. The maximum absolute atomic E-state index is 12.0. The van der Waals surface area contributed by atoms with Crippen LogP contribution in [0.3, 0.4) is 0 Å². The van der Waals surface area contributed by atoms with Gasteiger partial charge in [0.05, 0.1) is 33.1 Å². The maximum atomic E-state index is 12.0. The zero-order chi connectivity index (χ0) is 14.4. The third-order valence-corrected chi connectivity index (χ3v) is 3.29. The second kappa shape index (κ2) is 7.12. The van der Waals surface area contributed by atoms with Gasteiger partial charge in [-0.3, -0.25) is 4.79 Å². The van der Waals surface area contributed by atoms with Gasteiger partial charge in [-0.2, -0.15) is 0 Å². The van der Waals surface area contributed by atoms with Crippen molar-refractivity contribution in [1.29, 1.82) is 0 Å². The van der Waals surface area contributed by atoms with Crippen LogP contribution in [0.2, 0.25) is 0 Å². The summed E-state index contributed by atoms with van der Waals surface area (Å²) in [6.07, 6.45) is 0. The summed E-state index contributed by atoms with van der Waals surface area (Å²) in [5.74, 6) is 1.26. The summed E-state index contributed by atoms with van der Waals surface area (Å²) in [6.45, 7) is 3.61. The van der Waals surface area contributed by atoms with Crippen molar-refractivity contribution in [2.75, 3.05) is 52.4 Å². The quantitative estimate of drug-likeness (QED) is 0.768. The predicted octanol–water partition coefficient (Wildman–Crippen LogP) is -0.443. The molecule has 1 aromatic rings. The molecule has 6 heteroatoms. The highest BCUT2D eigenvalue weighted by molar-refractivity contribution is 5.93. The van der Waals surface area contributed by atoms with Crippen molar-refractivity contribution in [2.24, 2.45) is 0 Å². The van der Waals surface area contributed by atoms with Crippen LogP contribution < -0.4 is 19.7 Å². The minimum Gasteiger partial charge on any atom is -0.497 e. The van der Waals surface area contributed by atoms with Gasteiger partial charge in [0.2, 0.25) is 0 Å². The van der Waals surface area contributed by atoms with E-state index in [0.29, 0.717) is 36.9 Å². The second-order valence-electron chi connectivity index (χ2n) is 4.65. The first-order valence-electron chi connectivity index (χ1n) is 6.66. The molecular weight excluding hydrogens is 260 g/mol. The third-order valence-electron chi connectivity index (χ3n) is 3.29. The average Bonchev–Trinajstić information content (AvgIpc) is 2.48. The third kappa shape index (κ3) is 3.85. The zero-order valence-electron chi connectivity index (χ0n) is 11.9. The minimum absolute atomic E-state index is 0.0228. The molecule has 0 atom stereocenters. The van der Waals surface area contributed by atoms with E-state index in [4.69, 9.17) is 14.2 Å². The molecule has 0 radical (unpaired) electrons. The van der Waals surface area contributed by atoms with Gasteiger partial charge in [-0.25, -0.2) is 0 Å². The Bertz CT molecular complexity index is 458. The lowest BCUT2D eigenvalue weighted by atomic mass is 10.2. The summed E-state index contributed by atoms with van der Waals surface area (Å²) in [5, 5.41) is 2.88. The van der Waals surface area contributed by atoms with Crippen LogP contribution in [0.5, 0.6) is 11.5 Å². The van der Waals surface area contributed by atoms with Crippen LogP contribution in [0.25, 0.3) is 0 Å². The van der Waals surface area contributed by atoms with Crippen LogP contribution in [-0.2, 0) is 9.53 Å². The van der Waals surface area contributed by atoms with E-state index in [1.54, 1.807) is 32.4 Å². The molecular formula is C14H21N2O4+. The van der Waals surface area contributed by atoms with Crippen molar-refractivity contribution in [3.8, 4) is 11.5 Å². The first kappa shape index (κ1) is 14.6. The summed E-state index contributed by atoms with van der Waals surface area (Å²) in [6, 6.07) is 5.32. The Labute approximate surface area is 118 Å². The summed E-state index contributed by atoms with van der Waals surface area (Å²) in [7, 11) is 3.16. The number of quaternary nitrogens is 1. The lowest BCUT2D eigenvalue weighted by molar-refractivity contribution is -0.899. The summed E-state index contributed by atoms with van der Waals surface area (Å²) in [5.41, 5.74) is 0.658. The van der Waals surface area contributed by atoms with E-state index in [0.717, 1.165) is 13.1 Å². The number of ether oxygens (including phenoxy) is 3. The molecule has 0 aromatic heterocycles. The molecule has 2 rings (SSSR count). The van der Waals surface area contributed by atoms with E-state index in [1.807, 2.05) is 0 Å². The SMILES string of the molecule is COc1ccc(NC(=O)C[NH+]2CCOCC2)c(OC)c1. The highest BCUT2D eigenvalue weighted by Crippen LogP contribution is 2.28. The first-order chi connectivity index (χ1) is 9.72. The van der Waals surface area contributed by atoms with Gasteiger partial charge >= 0.3 is 0 Å². The Hall–Kier alpha value is -1.79. The molecule has 0 unspecified atom stereocenters. The standard InChI is InChI=1S/C14H20N2O4/c1-18-11-3-4-12(13(9-11)19-2)15-14(17)10-16-5-7-20-8-6-16/h3-4,9H,5-8,10H2,1-2H3,(H,15,17)/p+1. The molecule has 110 valence electrons. The van der Waals surface area contributed by atoms with E-state index >= 15 is 0 Å².